The summed E-state index contributed by atoms with van der Waals surface area (Å²) in [4.78, 5) is 0. The van der Waals surface area contributed by atoms with Crippen LogP contribution in [0.25, 0.3) is 0 Å². The van der Waals surface area contributed by atoms with E-state index < -0.39 is 0 Å². The molecule has 1 heterocycles. The second-order valence-corrected chi connectivity index (χ2v) is 5.20. The third-order valence-corrected chi connectivity index (χ3v) is 3.72. The van der Waals surface area contributed by atoms with Gasteiger partial charge in [-0.15, -0.1) is 0 Å². The molecule has 88 valence electrons. The van der Waals surface area contributed by atoms with Gasteiger partial charge in [0, 0.05) is 32.2 Å². The van der Waals surface area contributed by atoms with E-state index in [9.17, 15) is 0 Å². The first-order valence-electron chi connectivity index (χ1n) is 6.07. The number of methoxy groups -OCH3 is 1. The maximum atomic E-state index is 5.88. The smallest absolute Gasteiger partial charge is 0.0669 e. The number of nitrogens with one attached hydrogen (secondary N) is 1. The normalized spacial score (nSPS) is 36.0. The zero-order valence-electron chi connectivity index (χ0n) is 9.92. The molecule has 3 heteroatoms. The summed E-state index contributed by atoms with van der Waals surface area (Å²) in [5, 5.41) is 3.48. The highest BCUT2D eigenvalue weighted by atomic mass is 16.5. The lowest BCUT2D eigenvalue weighted by atomic mass is 9.81. The minimum absolute atomic E-state index is 0.356. The Balaban J connectivity index is 1.76. The summed E-state index contributed by atoms with van der Waals surface area (Å²) in [5.41, 5.74) is 0.356. The van der Waals surface area contributed by atoms with Crippen LogP contribution in [-0.2, 0) is 9.47 Å². The fraction of sp³-hybridized carbons (Fsp3) is 1.00. The van der Waals surface area contributed by atoms with Crippen molar-refractivity contribution in [1.82, 2.24) is 5.32 Å². The molecule has 2 fully saturated rings. The van der Waals surface area contributed by atoms with Crippen LogP contribution < -0.4 is 5.32 Å². The molecule has 1 saturated heterocycles. The average molecular weight is 213 g/mol. The van der Waals surface area contributed by atoms with Crippen LogP contribution >= 0.6 is 0 Å². The van der Waals surface area contributed by atoms with Crippen molar-refractivity contribution in [3.8, 4) is 0 Å². The first kappa shape index (κ1) is 11.4. The highest BCUT2D eigenvalue weighted by molar-refractivity contribution is 4.98. The molecule has 3 nitrogen and oxygen atoms in total. The van der Waals surface area contributed by atoms with Gasteiger partial charge in [0.1, 0.15) is 0 Å². The molecule has 2 atom stereocenters. The summed E-state index contributed by atoms with van der Waals surface area (Å²) in [5.74, 6) is 0.849. The van der Waals surface area contributed by atoms with Crippen LogP contribution in [0.3, 0.4) is 0 Å². The Hall–Kier alpha value is -0.120. The first-order chi connectivity index (χ1) is 7.26. The summed E-state index contributed by atoms with van der Waals surface area (Å²) in [6.45, 7) is 6.12. The topological polar surface area (TPSA) is 30.5 Å². The van der Waals surface area contributed by atoms with Gasteiger partial charge in [0.15, 0.2) is 0 Å². The van der Waals surface area contributed by atoms with Gasteiger partial charge in [-0.25, -0.2) is 0 Å². The van der Waals surface area contributed by atoms with Gasteiger partial charge < -0.3 is 14.8 Å². The molecule has 2 aliphatic rings. The van der Waals surface area contributed by atoms with Crippen LogP contribution in [0.2, 0.25) is 0 Å². The van der Waals surface area contributed by atoms with E-state index in [1.54, 1.807) is 7.11 Å². The summed E-state index contributed by atoms with van der Waals surface area (Å²) in [6.07, 6.45) is 4.46. The van der Waals surface area contributed by atoms with Crippen LogP contribution in [0.5, 0.6) is 0 Å². The molecule has 2 unspecified atom stereocenters. The summed E-state index contributed by atoms with van der Waals surface area (Å²) in [6, 6.07) is 0. The average Bonchev–Trinajstić information content (AvgIpc) is 2.98. The number of ether oxygens (including phenoxy) is 2. The zero-order chi connectivity index (χ0) is 10.7. The highest BCUT2D eigenvalue weighted by Gasteiger charge is 2.47. The fourth-order valence-electron chi connectivity index (χ4n) is 2.60. The van der Waals surface area contributed by atoms with Crippen molar-refractivity contribution in [2.45, 2.75) is 32.3 Å². The maximum absolute atomic E-state index is 5.88. The lowest BCUT2D eigenvalue weighted by molar-refractivity contribution is 0.0381. The van der Waals surface area contributed by atoms with Crippen molar-refractivity contribution in [1.29, 1.82) is 0 Å². The molecule has 1 N–H and O–H groups in total. The monoisotopic (exact) mass is 213 g/mol. The predicted octanol–water partition coefficient (Wildman–Crippen LogP) is 1.43. The Morgan fingerprint density at radius 1 is 1.47 bits per heavy atom. The molecule has 0 aromatic heterocycles. The maximum Gasteiger partial charge on any atom is 0.0669 e. The minimum atomic E-state index is 0.356. The largest absolute Gasteiger partial charge is 0.383 e. The molecule has 0 spiro atoms. The number of hydrogen-bond acceptors (Lipinski definition) is 3. The Kier molecular flexibility index (Phi) is 3.65. The van der Waals surface area contributed by atoms with E-state index in [1.165, 1.54) is 19.3 Å². The molecule has 0 aromatic rings. The summed E-state index contributed by atoms with van der Waals surface area (Å²) >= 11 is 0. The van der Waals surface area contributed by atoms with Gasteiger partial charge in [-0.3, -0.25) is 0 Å². The van der Waals surface area contributed by atoms with Gasteiger partial charge in [0.2, 0.25) is 0 Å². The molecule has 0 bridgehead atoms. The molecule has 15 heavy (non-hydrogen) atoms. The van der Waals surface area contributed by atoms with E-state index in [-0.39, 0.29) is 0 Å². The van der Waals surface area contributed by atoms with E-state index >= 15 is 0 Å². The molecule has 1 saturated carbocycles. The Bertz CT molecular complexity index is 206. The number of hydrogen-bond donors (Lipinski definition) is 1. The van der Waals surface area contributed by atoms with Crippen LogP contribution in [0.1, 0.15) is 26.2 Å². The lowest BCUT2D eigenvalue weighted by Gasteiger charge is -2.30. The second-order valence-electron chi connectivity index (χ2n) is 5.20. The minimum Gasteiger partial charge on any atom is -0.383 e. The van der Waals surface area contributed by atoms with E-state index in [0.717, 1.165) is 32.2 Å². The van der Waals surface area contributed by atoms with Gasteiger partial charge >= 0.3 is 0 Å². The van der Waals surface area contributed by atoms with Crippen molar-refractivity contribution in [3.05, 3.63) is 0 Å². The predicted molar refractivity (Wildman–Crippen MR) is 59.9 cm³/mol. The second kappa shape index (κ2) is 4.81. The molecular formula is C12H23NO2. The van der Waals surface area contributed by atoms with E-state index in [4.69, 9.17) is 9.47 Å². The van der Waals surface area contributed by atoms with Crippen molar-refractivity contribution >= 4 is 0 Å². The Morgan fingerprint density at radius 3 is 2.93 bits per heavy atom. The molecule has 0 aromatic carbocycles. The van der Waals surface area contributed by atoms with Crippen molar-refractivity contribution < 1.29 is 9.47 Å². The summed E-state index contributed by atoms with van der Waals surface area (Å²) in [7, 11) is 1.75. The zero-order valence-corrected chi connectivity index (χ0v) is 9.92. The van der Waals surface area contributed by atoms with Gasteiger partial charge in [-0.2, -0.15) is 0 Å². The standard InChI is InChI=1S/C12H23NO2/c1-12(9-13-6-8-14-2)5-7-15-11(12)10-3-4-10/h10-11,13H,3-9H2,1-2H3. The molecule has 2 rings (SSSR count). The molecule has 0 radical (unpaired) electrons. The Morgan fingerprint density at radius 2 is 2.27 bits per heavy atom. The molecule has 1 aliphatic heterocycles. The van der Waals surface area contributed by atoms with Crippen molar-refractivity contribution in [3.63, 3.8) is 0 Å². The van der Waals surface area contributed by atoms with Crippen LogP contribution in [0.15, 0.2) is 0 Å². The quantitative estimate of drug-likeness (QED) is 0.677. The van der Waals surface area contributed by atoms with Crippen LogP contribution in [0.4, 0.5) is 0 Å². The third kappa shape index (κ3) is 2.71. The van der Waals surface area contributed by atoms with Gasteiger partial charge in [0.05, 0.1) is 12.7 Å². The molecule has 1 aliphatic carbocycles. The van der Waals surface area contributed by atoms with Gasteiger partial charge in [-0.1, -0.05) is 6.92 Å². The van der Waals surface area contributed by atoms with E-state index in [0.29, 0.717) is 11.5 Å². The highest BCUT2D eigenvalue weighted by Crippen LogP contribution is 2.47. The molecular weight excluding hydrogens is 190 g/mol. The van der Waals surface area contributed by atoms with Gasteiger partial charge in [-0.05, 0) is 25.2 Å². The lowest BCUT2D eigenvalue weighted by Crippen LogP contribution is -2.40. The van der Waals surface area contributed by atoms with E-state index in [1.807, 2.05) is 0 Å². The van der Waals surface area contributed by atoms with Gasteiger partial charge in [0.25, 0.3) is 0 Å². The fourth-order valence-corrected chi connectivity index (χ4v) is 2.60. The van der Waals surface area contributed by atoms with Crippen LogP contribution in [0, 0.1) is 11.3 Å². The van der Waals surface area contributed by atoms with Crippen molar-refractivity contribution in [2.24, 2.45) is 11.3 Å². The van der Waals surface area contributed by atoms with E-state index in [2.05, 4.69) is 12.2 Å². The molecule has 0 amide bonds. The summed E-state index contributed by atoms with van der Waals surface area (Å²) < 4.78 is 10.9. The Labute approximate surface area is 92.5 Å². The third-order valence-electron chi connectivity index (χ3n) is 3.72. The van der Waals surface area contributed by atoms with Crippen LogP contribution in [-0.4, -0.2) is 39.5 Å². The SMILES string of the molecule is COCCNCC1(C)CCOC1C1CC1. The number of rotatable bonds is 6. The first-order valence-corrected chi connectivity index (χ1v) is 6.07. The van der Waals surface area contributed by atoms with Crippen molar-refractivity contribution in [2.75, 3.05) is 33.4 Å².